The standard InChI is InChI=1S/C22H28N6O/c1-16-13-20(28-11-5-6-12-28)26-22(25-16)24-10-9-23-21(29)14-17-15-27(2)19-8-4-3-7-18(17)19/h3-4,7-8,13,15H,5-6,9-12,14H2,1-2H3,(H,23,29)(H,24,25,26). The highest BCUT2D eigenvalue weighted by Gasteiger charge is 2.15. The molecule has 0 radical (unpaired) electrons. The molecule has 0 saturated carbocycles. The monoisotopic (exact) mass is 392 g/mol. The van der Waals surface area contributed by atoms with Crippen molar-refractivity contribution in [1.82, 2.24) is 19.9 Å². The highest BCUT2D eigenvalue weighted by molar-refractivity contribution is 5.89. The summed E-state index contributed by atoms with van der Waals surface area (Å²) in [6, 6.07) is 10.2. The molecule has 0 aliphatic carbocycles. The van der Waals surface area contributed by atoms with Gasteiger partial charge in [-0.25, -0.2) is 4.98 Å². The van der Waals surface area contributed by atoms with Gasteiger partial charge in [-0.05, 0) is 31.4 Å². The molecule has 3 aromatic rings. The van der Waals surface area contributed by atoms with Crippen LogP contribution in [-0.2, 0) is 18.3 Å². The van der Waals surface area contributed by atoms with Crippen molar-refractivity contribution in [3.8, 4) is 0 Å². The molecular weight excluding hydrogens is 364 g/mol. The van der Waals surface area contributed by atoms with Crippen molar-refractivity contribution in [1.29, 1.82) is 0 Å². The first-order chi connectivity index (χ1) is 14.1. The number of rotatable bonds is 7. The molecule has 7 heteroatoms. The number of aromatic nitrogens is 3. The van der Waals surface area contributed by atoms with Crippen molar-refractivity contribution < 1.29 is 4.79 Å². The average Bonchev–Trinajstić information content (AvgIpc) is 3.34. The van der Waals surface area contributed by atoms with Gasteiger partial charge in [-0.3, -0.25) is 4.79 Å². The molecule has 0 bridgehead atoms. The van der Waals surface area contributed by atoms with Crippen LogP contribution in [0.3, 0.4) is 0 Å². The summed E-state index contributed by atoms with van der Waals surface area (Å²) in [7, 11) is 2.01. The molecule has 0 unspecified atom stereocenters. The summed E-state index contributed by atoms with van der Waals surface area (Å²) in [6.45, 7) is 5.21. The maximum atomic E-state index is 12.4. The van der Waals surface area contributed by atoms with Gasteiger partial charge in [0.2, 0.25) is 11.9 Å². The fourth-order valence-electron chi connectivity index (χ4n) is 3.92. The van der Waals surface area contributed by atoms with Gasteiger partial charge in [0, 0.05) is 62.1 Å². The first kappa shape index (κ1) is 19.2. The first-order valence-corrected chi connectivity index (χ1v) is 10.2. The zero-order chi connectivity index (χ0) is 20.2. The number of anilines is 2. The number of carbonyl (C=O) groups excluding carboxylic acids is 1. The Morgan fingerprint density at radius 3 is 2.76 bits per heavy atom. The van der Waals surface area contributed by atoms with E-state index < -0.39 is 0 Å². The van der Waals surface area contributed by atoms with Gasteiger partial charge in [-0.1, -0.05) is 18.2 Å². The SMILES string of the molecule is Cc1cc(N2CCCC2)nc(NCCNC(=O)Cc2cn(C)c3ccccc23)n1. The summed E-state index contributed by atoms with van der Waals surface area (Å²) in [5.41, 5.74) is 3.14. The van der Waals surface area contributed by atoms with E-state index in [0.717, 1.165) is 41.1 Å². The van der Waals surface area contributed by atoms with Crippen LogP contribution < -0.4 is 15.5 Å². The van der Waals surface area contributed by atoms with Crippen LogP contribution in [0.5, 0.6) is 0 Å². The van der Waals surface area contributed by atoms with E-state index in [4.69, 9.17) is 0 Å². The fourth-order valence-corrected chi connectivity index (χ4v) is 3.92. The van der Waals surface area contributed by atoms with E-state index in [1.54, 1.807) is 0 Å². The average molecular weight is 393 g/mol. The summed E-state index contributed by atoms with van der Waals surface area (Å²) in [5, 5.41) is 7.35. The lowest BCUT2D eigenvalue weighted by molar-refractivity contribution is -0.120. The zero-order valence-electron chi connectivity index (χ0n) is 17.1. The summed E-state index contributed by atoms with van der Waals surface area (Å²) in [4.78, 5) is 23.8. The third-order valence-corrected chi connectivity index (χ3v) is 5.33. The van der Waals surface area contributed by atoms with Crippen molar-refractivity contribution in [3.63, 3.8) is 0 Å². The van der Waals surface area contributed by atoms with Gasteiger partial charge >= 0.3 is 0 Å². The van der Waals surface area contributed by atoms with Gasteiger partial charge in [0.05, 0.1) is 6.42 Å². The van der Waals surface area contributed by atoms with E-state index in [0.29, 0.717) is 25.5 Å². The van der Waals surface area contributed by atoms with E-state index in [1.807, 2.05) is 38.4 Å². The number of fused-ring (bicyclic) bond motifs is 1. The van der Waals surface area contributed by atoms with Crippen molar-refractivity contribution in [2.45, 2.75) is 26.2 Å². The zero-order valence-corrected chi connectivity index (χ0v) is 17.1. The number of benzene rings is 1. The molecule has 2 N–H and O–H groups in total. The lowest BCUT2D eigenvalue weighted by atomic mass is 10.1. The number of hydrogen-bond donors (Lipinski definition) is 2. The largest absolute Gasteiger partial charge is 0.356 e. The van der Waals surface area contributed by atoms with Crippen LogP contribution in [0.1, 0.15) is 24.1 Å². The number of carbonyl (C=O) groups is 1. The molecule has 0 atom stereocenters. The third-order valence-electron chi connectivity index (χ3n) is 5.33. The van der Waals surface area contributed by atoms with Gasteiger partial charge < -0.3 is 20.1 Å². The van der Waals surface area contributed by atoms with E-state index in [9.17, 15) is 4.79 Å². The Morgan fingerprint density at radius 1 is 1.14 bits per heavy atom. The predicted molar refractivity (Wildman–Crippen MR) is 116 cm³/mol. The molecule has 1 aromatic carbocycles. The molecule has 1 fully saturated rings. The molecule has 7 nitrogen and oxygen atoms in total. The van der Waals surface area contributed by atoms with Gasteiger partial charge in [0.25, 0.3) is 0 Å². The van der Waals surface area contributed by atoms with Gasteiger partial charge in [-0.15, -0.1) is 0 Å². The molecule has 1 aliphatic heterocycles. The van der Waals surface area contributed by atoms with E-state index in [1.165, 1.54) is 12.8 Å². The highest BCUT2D eigenvalue weighted by Crippen LogP contribution is 2.21. The van der Waals surface area contributed by atoms with Crippen molar-refractivity contribution in [2.24, 2.45) is 7.05 Å². The maximum Gasteiger partial charge on any atom is 0.224 e. The molecule has 2 aromatic heterocycles. The second kappa shape index (κ2) is 8.51. The Morgan fingerprint density at radius 2 is 1.93 bits per heavy atom. The number of para-hydroxylation sites is 1. The van der Waals surface area contributed by atoms with Gasteiger partial charge in [0.1, 0.15) is 5.82 Å². The quantitative estimate of drug-likeness (QED) is 0.605. The molecule has 1 saturated heterocycles. The highest BCUT2D eigenvalue weighted by atomic mass is 16.1. The molecule has 1 amide bonds. The molecule has 4 rings (SSSR count). The van der Waals surface area contributed by atoms with E-state index in [-0.39, 0.29) is 5.91 Å². The number of amides is 1. The minimum Gasteiger partial charge on any atom is -0.356 e. The fraction of sp³-hybridized carbons (Fsp3) is 0.409. The summed E-state index contributed by atoms with van der Waals surface area (Å²) in [5.74, 6) is 1.62. The Kier molecular flexibility index (Phi) is 5.64. The Bertz CT molecular complexity index is 1010. The van der Waals surface area contributed by atoms with E-state index in [2.05, 4.69) is 42.2 Å². The second-order valence-corrected chi connectivity index (χ2v) is 7.62. The van der Waals surface area contributed by atoms with Crippen molar-refractivity contribution in [2.75, 3.05) is 36.4 Å². The molecule has 152 valence electrons. The second-order valence-electron chi connectivity index (χ2n) is 7.62. The normalized spacial score (nSPS) is 13.8. The van der Waals surface area contributed by atoms with Gasteiger partial charge in [0.15, 0.2) is 0 Å². The minimum absolute atomic E-state index is 0.0195. The summed E-state index contributed by atoms with van der Waals surface area (Å²) in [6.07, 6.45) is 4.84. The molecule has 1 aliphatic rings. The van der Waals surface area contributed by atoms with Crippen molar-refractivity contribution in [3.05, 3.63) is 47.8 Å². The van der Waals surface area contributed by atoms with Crippen LogP contribution in [0, 0.1) is 6.92 Å². The van der Waals surface area contributed by atoms with E-state index >= 15 is 0 Å². The number of aryl methyl sites for hydroxylation is 2. The van der Waals surface area contributed by atoms with Crippen LogP contribution in [0.15, 0.2) is 36.5 Å². The maximum absolute atomic E-state index is 12.4. The van der Waals surface area contributed by atoms with Crippen LogP contribution in [0.4, 0.5) is 11.8 Å². The molecule has 3 heterocycles. The van der Waals surface area contributed by atoms with Crippen LogP contribution in [0.2, 0.25) is 0 Å². The van der Waals surface area contributed by atoms with Crippen LogP contribution >= 0.6 is 0 Å². The lowest BCUT2D eigenvalue weighted by Crippen LogP contribution is -2.30. The molecule has 29 heavy (non-hydrogen) atoms. The number of hydrogen-bond acceptors (Lipinski definition) is 5. The van der Waals surface area contributed by atoms with Crippen LogP contribution in [0.25, 0.3) is 10.9 Å². The Balaban J connectivity index is 1.28. The lowest BCUT2D eigenvalue weighted by Gasteiger charge is -2.17. The topological polar surface area (TPSA) is 75.1 Å². The number of nitrogens with zero attached hydrogens (tertiary/aromatic N) is 4. The van der Waals surface area contributed by atoms with Crippen molar-refractivity contribution >= 4 is 28.6 Å². The smallest absolute Gasteiger partial charge is 0.224 e. The predicted octanol–water partition coefficient (Wildman–Crippen LogP) is 2.65. The first-order valence-electron chi connectivity index (χ1n) is 10.2. The van der Waals surface area contributed by atoms with Crippen LogP contribution in [-0.4, -0.2) is 46.6 Å². The van der Waals surface area contributed by atoms with Gasteiger partial charge in [-0.2, -0.15) is 4.98 Å². The molecule has 0 spiro atoms. The number of nitrogens with one attached hydrogen (secondary N) is 2. The Labute approximate surface area is 171 Å². The minimum atomic E-state index is 0.0195. The third kappa shape index (κ3) is 4.50. The summed E-state index contributed by atoms with van der Waals surface area (Å²) >= 11 is 0. The Hall–Kier alpha value is -3.09. The summed E-state index contributed by atoms with van der Waals surface area (Å²) < 4.78 is 2.06. The molecular formula is C22H28N6O.